The van der Waals surface area contributed by atoms with E-state index in [1.807, 2.05) is 0 Å². The van der Waals surface area contributed by atoms with Gasteiger partial charge in [0.05, 0.1) is 0 Å². The number of allylic oxidation sites excluding steroid dienone is 7. The van der Waals surface area contributed by atoms with Crippen LogP contribution in [0.15, 0.2) is 96.6 Å². The van der Waals surface area contributed by atoms with E-state index in [1.54, 1.807) is 0 Å². The summed E-state index contributed by atoms with van der Waals surface area (Å²) in [4.78, 5) is 0. The number of hydrogen-bond donors (Lipinski definition) is 0. The van der Waals surface area contributed by atoms with Crippen molar-refractivity contribution >= 4 is 5.57 Å². The molecule has 0 heteroatoms. The smallest absolute Gasteiger partial charge is 0.00239 e. The third-order valence-corrected chi connectivity index (χ3v) is 5.73. The fraction of sp³-hybridized carbons (Fsp3) is 0.355. The number of aryl methyl sites for hydroxylation is 1. The van der Waals surface area contributed by atoms with E-state index in [0.29, 0.717) is 5.92 Å². The maximum Gasteiger partial charge on any atom is 0.00239 e. The van der Waals surface area contributed by atoms with Gasteiger partial charge in [-0.15, -0.1) is 0 Å². The summed E-state index contributed by atoms with van der Waals surface area (Å²) in [5, 5.41) is 0. The van der Waals surface area contributed by atoms with Crippen LogP contribution in [-0.2, 0) is 0 Å². The van der Waals surface area contributed by atoms with Gasteiger partial charge in [-0.05, 0) is 61.8 Å². The topological polar surface area (TPSA) is 0 Å². The van der Waals surface area contributed by atoms with Gasteiger partial charge in [-0.2, -0.15) is 0 Å². The first-order valence-electron chi connectivity index (χ1n) is 11.9. The SMILES string of the molecule is C=C(C)C1=CC=CCC1.CCC/C(=C\C(CCC)c1ccccc1)c1ccc(C)cc1. The molecule has 0 bridgehead atoms. The minimum atomic E-state index is 0.522. The molecule has 1 unspecified atom stereocenters. The van der Waals surface area contributed by atoms with Crippen LogP contribution >= 0.6 is 0 Å². The molecule has 0 saturated carbocycles. The van der Waals surface area contributed by atoms with Crippen LogP contribution in [0, 0.1) is 6.92 Å². The highest BCUT2D eigenvalue weighted by Crippen LogP contribution is 2.29. The van der Waals surface area contributed by atoms with Gasteiger partial charge in [-0.1, -0.05) is 123 Å². The average molecular weight is 413 g/mol. The van der Waals surface area contributed by atoms with Gasteiger partial charge in [-0.3, -0.25) is 0 Å². The molecule has 0 aliphatic heterocycles. The third-order valence-electron chi connectivity index (χ3n) is 5.73. The van der Waals surface area contributed by atoms with Crippen LogP contribution in [0.3, 0.4) is 0 Å². The lowest BCUT2D eigenvalue weighted by Crippen LogP contribution is -1.97. The lowest BCUT2D eigenvalue weighted by molar-refractivity contribution is 0.716. The van der Waals surface area contributed by atoms with E-state index in [4.69, 9.17) is 0 Å². The molecule has 0 nitrogen and oxygen atoms in total. The molecule has 31 heavy (non-hydrogen) atoms. The van der Waals surface area contributed by atoms with Gasteiger partial charge in [0.1, 0.15) is 0 Å². The van der Waals surface area contributed by atoms with Crippen LogP contribution in [0.4, 0.5) is 0 Å². The Hall–Kier alpha value is -2.60. The molecule has 1 aliphatic rings. The first-order valence-corrected chi connectivity index (χ1v) is 11.9. The monoisotopic (exact) mass is 412 g/mol. The Morgan fingerprint density at radius 1 is 1.00 bits per heavy atom. The normalized spacial score (nSPS) is 14.3. The molecule has 0 saturated heterocycles. The highest BCUT2D eigenvalue weighted by molar-refractivity contribution is 5.66. The van der Waals surface area contributed by atoms with Crippen LogP contribution < -0.4 is 0 Å². The average Bonchev–Trinajstić information content (AvgIpc) is 2.80. The summed E-state index contributed by atoms with van der Waals surface area (Å²) in [5.74, 6) is 0.522. The molecule has 2 aromatic rings. The van der Waals surface area contributed by atoms with Gasteiger partial charge in [0.25, 0.3) is 0 Å². The minimum absolute atomic E-state index is 0.522. The summed E-state index contributed by atoms with van der Waals surface area (Å²) in [6.07, 6.45) is 16.1. The van der Waals surface area contributed by atoms with Crippen LogP contribution in [0.25, 0.3) is 5.57 Å². The Morgan fingerprint density at radius 3 is 2.23 bits per heavy atom. The molecule has 0 spiro atoms. The maximum absolute atomic E-state index is 3.88. The molecule has 0 heterocycles. The molecule has 0 N–H and O–H groups in total. The second kappa shape index (κ2) is 13.7. The first-order chi connectivity index (χ1) is 15.0. The van der Waals surface area contributed by atoms with E-state index < -0.39 is 0 Å². The van der Waals surface area contributed by atoms with E-state index in [-0.39, 0.29) is 0 Å². The lowest BCUT2D eigenvalue weighted by Gasteiger charge is -2.16. The molecule has 0 fully saturated rings. The summed E-state index contributed by atoms with van der Waals surface area (Å²) in [6, 6.07) is 19.9. The fourth-order valence-corrected chi connectivity index (χ4v) is 3.92. The Bertz CT molecular complexity index is 875. The van der Waals surface area contributed by atoms with Crippen LogP contribution in [0.2, 0.25) is 0 Å². The third kappa shape index (κ3) is 8.58. The Morgan fingerprint density at radius 2 is 1.71 bits per heavy atom. The van der Waals surface area contributed by atoms with E-state index in [0.717, 1.165) is 6.42 Å². The van der Waals surface area contributed by atoms with Crippen molar-refractivity contribution in [2.24, 2.45) is 0 Å². The molecule has 164 valence electrons. The van der Waals surface area contributed by atoms with Crippen molar-refractivity contribution in [2.45, 2.75) is 72.1 Å². The molecule has 1 aliphatic carbocycles. The Kier molecular flexibility index (Phi) is 10.9. The second-order valence-electron chi connectivity index (χ2n) is 8.55. The second-order valence-corrected chi connectivity index (χ2v) is 8.55. The predicted molar refractivity (Wildman–Crippen MR) is 139 cm³/mol. The van der Waals surface area contributed by atoms with Gasteiger partial charge < -0.3 is 0 Å². The summed E-state index contributed by atoms with van der Waals surface area (Å²) >= 11 is 0. The molecule has 3 rings (SSSR count). The zero-order valence-electron chi connectivity index (χ0n) is 20.0. The maximum atomic E-state index is 3.88. The van der Waals surface area contributed by atoms with Crippen molar-refractivity contribution in [1.29, 1.82) is 0 Å². The molecule has 0 aromatic heterocycles. The van der Waals surface area contributed by atoms with Crippen molar-refractivity contribution in [3.63, 3.8) is 0 Å². The van der Waals surface area contributed by atoms with Crippen molar-refractivity contribution in [2.75, 3.05) is 0 Å². The van der Waals surface area contributed by atoms with E-state index in [1.165, 1.54) is 65.5 Å². The van der Waals surface area contributed by atoms with Gasteiger partial charge in [0.2, 0.25) is 0 Å². The summed E-state index contributed by atoms with van der Waals surface area (Å²) in [5.41, 5.74) is 8.24. The van der Waals surface area contributed by atoms with Crippen molar-refractivity contribution in [3.05, 3.63) is 113 Å². The van der Waals surface area contributed by atoms with Crippen LogP contribution in [0.1, 0.15) is 81.9 Å². The molecular weight excluding hydrogens is 372 g/mol. The zero-order chi connectivity index (χ0) is 22.5. The molecule has 1 atom stereocenters. The highest BCUT2D eigenvalue weighted by Gasteiger charge is 2.10. The number of hydrogen-bond acceptors (Lipinski definition) is 0. The number of benzene rings is 2. The van der Waals surface area contributed by atoms with E-state index in [2.05, 4.69) is 113 Å². The van der Waals surface area contributed by atoms with Crippen LogP contribution in [0.5, 0.6) is 0 Å². The summed E-state index contributed by atoms with van der Waals surface area (Å²) in [7, 11) is 0. The zero-order valence-corrected chi connectivity index (χ0v) is 20.0. The van der Waals surface area contributed by atoms with E-state index in [9.17, 15) is 0 Å². The van der Waals surface area contributed by atoms with Gasteiger partial charge in [0, 0.05) is 5.92 Å². The van der Waals surface area contributed by atoms with Gasteiger partial charge in [-0.25, -0.2) is 0 Å². The minimum Gasteiger partial charge on any atom is -0.0958 e. The van der Waals surface area contributed by atoms with Crippen molar-refractivity contribution in [3.8, 4) is 0 Å². The first kappa shape index (κ1) is 24.7. The van der Waals surface area contributed by atoms with Crippen molar-refractivity contribution in [1.82, 2.24) is 0 Å². The predicted octanol–water partition coefficient (Wildman–Crippen LogP) is 9.60. The Labute approximate surface area is 191 Å². The van der Waals surface area contributed by atoms with E-state index >= 15 is 0 Å². The summed E-state index contributed by atoms with van der Waals surface area (Å²) in [6.45, 7) is 12.6. The van der Waals surface area contributed by atoms with Crippen molar-refractivity contribution < 1.29 is 0 Å². The summed E-state index contributed by atoms with van der Waals surface area (Å²) < 4.78 is 0. The fourth-order valence-electron chi connectivity index (χ4n) is 3.92. The quantitative estimate of drug-likeness (QED) is 0.405. The van der Waals surface area contributed by atoms with Gasteiger partial charge >= 0.3 is 0 Å². The Balaban J connectivity index is 0.000000316. The lowest BCUT2D eigenvalue weighted by atomic mass is 9.89. The highest BCUT2D eigenvalue weighted by atomic mass is 14.1. The molecular formula is C31H40. The standard InChI is InChI=1S/C22H28.C9H12/c1-4-9-21(19-11-7-6-8-12-19)17-22(10-5-2)20-15-13-18(3)14-16-20;1-8(2)9-6-4-3-5-7-9/h6-8,11-17,21H,4-5,9-10H2,1-3H3;3-4,6H,1,5,7H2,2H3/b22-17+;. The molecule has 0 radical (unpaired) electrons. The van der Waals surface area contributed by atoms with Gasteiger partial charge in [0.15, 0.2) is 0 Å². The van der Waals surface area contributed by atoms with Crippen LogP contribution in [-0.4, -0.2) is 0 Å². The molecule has 2 aromatic carbocycles. The largest absolute Gasteiger partial charge is 0.0958 e. The number of rotatable bonds is 8. The molecule has 0 amide bonds.